The van der Waals surface area contributed by atoms with E-state index in [1.165, 1.54) is 6.08 Å². The van der Waals surface area contributed by atoms with Gasteiger partial charge in [0.1, 0.15) is 0 Å². The summed E-state index contributed by atoms with van der Waals surface area (Å²) in [6.45, 7) is 3.51. The van der Waals surface area contributed by atoms with Crippen LogP contribution in [0.15, 0.2) is 24.3 Å². The molecule has 0 nitrogen and oxygen atoms in total. The topological polar surface area (TPSA) is 0 Å². The van der Waals surface area contributed by atoms with Gasteiger partial charge in [0.15, 0.2) is 5.41 Å². The monoisotopic (exact) mass is 298 g/mol. The fourth-order valence-electron chi connectivity index (χ4n) is 3.73. The fraction of sp³-hybridized carbons (Fsp3) is 0.714. The van der Waals surface area contributed by atoms with Crippen molar-refractivity contribution in [1.82, 2.24) is 0 Å². The van der Waals surface area contributed by atoms with Crippen molar-refractivity contribution in [1.29, 1.82) is 0 Å². The maximum absolute atomic E-state index is 13.4. The second-order valence-corrected chi connectivity index (χ2v) is 5.62. The summed E-state index contributed by atoms with van der Waals surface area (Å²) in [4.78, 5) is 0. The van der Waals surface area contributed by atoms with Crippen molar-refractivity contribution >= 4 is 0 Å². The van der Waals surface area contributed by atoms with Gasteiger partial charge in [-0.05, 0) is 37.7 Å². The lowest BCUT2D eigenvalue weighted by Gasteiger charge is -2.52. The molecular formula is C14H16F6. The Labute approximate surface area is 113 Å². The summed E-state index contributed by atoms with van der Waals surface area (Å²) >= 11 is 0. The Bertz CT molecular complexity index is 414. The van der Waals surface area contributed by atoms with Gasteiger partial charge in [0.05, 0.1) is 0 Å². The molecule has 114 valence electrons. The third-order valence-corrected chi connectivity index (χ3v) is 4.70. The first-order valence-corrected chi connectivity index (χ1v) is 6.59. The minimum absolute atomic E-state index is 0.0949. The number of rotatable bonds is 1. The SMILES string of the molecule is C=CC12CCCC=C1C(C(F)(F)F)(C(F)(F)F)CCC2. The van der Waals surface area contributed by atoms with Gasteiger partial charge in [-0.25, -0.2) is 0 Å². The molecule has 0 saturated heterocycles. The lowest BCUT2D eigenvalue weighted by molar-refractivity contribution is -0.335. The average Bonchev–Trinajstić information content (AvgIpc) is 2.35. The van der Waals surface area contributed by atoms with Gasteiger partial charge in [-0.15, -0.1) is 6.58 Å². The quantitative estimate of drug-likeness (QED) is 0.439. The van der Waals surface area contributed by atoms with E-state index in [1.807, 2.05) is 0 Å². The van der Waals surface area contributed by atoms with Crippen molar-refractivity contribution in [3.8, 4) is 0 Å². The van der Waals surface area contributed by atoms with E-state index in [4.69, 9.17) is 0 Å². The van der Waals surface area contributed by atoms with Crippen molar-refractivity contribution in [3.05, 3.63) is 24.3 Å². The van der Waals surface area contributed by atoms with Crippen LogP contribution in [0.25, 0.3) is 0 Å². The van der Waals surface area contributed by atoms with Gasteiger partial charge >= 0.3 is 12.4 Å². The van der Waals surface area contributed by atoms with Gasteiger partial charge in [-0.1, -0.05) is 18.6 Å². The molecule has 1 saturated carbocycles. The molecule has 0 N–H and O–H groups in total. The largest absolute Gasteiger partial charge is 0.406 e. The van der Waals surface area contributed by atoms with Crippen LogP contribution in [0.1, 0.15) is 38.5 Å². The molecule has 20 heavy (non-hydrogen) atoms. The Morgan fingerprint density at radius 3 is 2.00 bits per heavy atom. The highest BCUT2D eigenvalue weighted by Gasteiger charge is 2.74. The van der Waals surface area contributed by atoms with E-state index in [0.717, 1.165) is 6.08 Å². The van der Waals surface area contributed by atoms with E-state index in [2.05, 4.69) is 6.58 Å². The van der Waals surface area contributed by atoms with Crippen molar-refractivity contribution in [3.63, 3.8) is 0 Å². The van der Waals surface area contributed by atoms with Crippen LogP contribution in [0, 0.1) is 10.8 Å². The van der Waals surface area contributed by atoms with Crippen LogP contribution in [0.3, 0.4) is 0 Å². The minimum Gasteiger partial charge on any atom is -0.170 e. The van der Waals surface area contributed by atoms with Crippen molar-refractivity contribution in [2.45, 2.75) is 50.9 Å². The molecule has 6 heteroatoms. The standard InChI is InChI=1S/C14H16F6/c1-2-11-7-4-3-6-10(11)12(9-5-8-11,13(15,16)17)14(18,19)20/h2,6H,1,3-5,7-9H2. The Kier molecular flexibility index (Phi) is 3.50. The first-order valence-electron chi connectivity index (χ1n) is 6.59. The van der Waals surface area contributed by atoms with E-state index in [9.17, 15) is 26.3 Å². The van der Waals surface area contributed by atoms with Crippen molar-refractivity contribution in [2.75, 3.05) is 0 Å². The third kappa shape index (κ3) is 1.91. The molecular weight excluding hydrogens is 282 g/mol. The molecule has 0 aliphatic heterocycles. The number of allylic oxidation sites excluding steroid dienone is 3. The van der Waals surface area contributed by atoms with E-state index >= 15 is 0 Å². The Morgan fingerprint density at radius 2 is 1.50 bits per heavy atom. The number of fused-ring (bicyclic) bond motifs is 1. The smallest absolute Gasteiger partial charge is 0.170 e. The van der Waals surface area contributed by atoms with E-state index in [-0.39, 0.29) is 12.8 Å². The number of halogens is 6. The second-order valence-electron chi connectivity index (χ2n) is 5.62. The zero-order chi connectivity index (χ0) is 15.2. The highest BCUT2D eigenvalue weighted by molar-refractivity contribution is 5.35. The third-order valence-electron chi connectivity index (χ3n) is 4.70. The zero-order valence-electron chi connectivity index (χ0n) is 10.9. The van der Waals surface area contributed by atoms with Crippen LogP contribution in [0.4, 0.5) is 26.3 Å². The van der Waals surface area contributed by atoms with Crippen LogP contribution >= 0.6 is 0 Å². The normalized spacial score (nSPS) is 30.4. The lowest BCUT2D eigenvalue weighted by Crippen LogP contribution is -2.57. The first-order chi connectivity index (χ1) is 9.11. The molecule has 0 radical (unpaired) electrons. The molecule has 2 aliphatic carbocycles. The Hall–Kier alpha value is -0.940. The van der Waals surface area contributed by atoms with Crippen LogP contribution < -0.4 is 0 Å². The number of alkyl halides is 6. The van der Waals surface area contributed by atoms with Gasteiger partial charge in [-0.2, -0.15) is 26.3 Å². The first kappa shape index (κ1) is 15.4. The molecule has 0 bridgehead atoms. The van der Waals surface area contributed by atoms with Crippen molar-refractivity contribution < 1.29 is 26.3 Å². The Morgan fingerprint density at radius 1 is 0.950 bits per heavy atom. The molecule has 0 aromatic rings. The molecule has 0 amide bonds. The van der Waals surface area contributed by atoms with E-state index in [0.29, 0.717) is 19.3 Å². The summed E-state index contributed by atoms with van der Waals surface area (Å²) in [5.74, 6) is 0. The zero-order valence-corrected chi connectivity index (χ0v) is 10.9. The number of hydrogen-bond acceptors (Lipinski definition) is 0. The summed E-state index contributed by atoms with van der Waals surface area (Å²) < 4.78 is 80.2. The van der Waals surface area contributed by atoms with Gasteiger partial charge in [0, 0.05) is 5.41 Å². The minimum atomic E-state index is -5.33. The van der Waals surface area contributed by atoms with Gasteiger partial charge in [-0.3, -0.25) is 0 Å². The lowest BCUT2D eigenvalue weighted by atomic mass is 9.54. The van der Waals surface area contributed by atoms with Gasteiger partial charge < -0.3 is 0 Å². The number of hydrogen-bond donors (Lipinski definition) is 0. The molecule has 2 aliphatic rings. The van der Waals surface area contributed by atoms with E-state index < -0.39 is 35.2 Å². The van der Waals surface area contributed by atoms with Crippen LogP contribution in [0.2, 0.25) is 0 Å². The second kappa shape index (κ2) is 4.53. The molecule has 0 spiro atoms. The predicted molar refractivity (Wildman–Crippen MR) is 63.0 cm³/mol. The van der Waals surface area contributed by atoms with Crippen LogP contribution in [0.5, 0.6) is 0 Å². The fourth-order valence-corrected chi connectivity index (χ4v) is 3.73. The maximum atomic E-state index is 13.4. The summed E-state index contributed by atoms with van der Waals surface area (Å²) in [5.41, 5.74) is -5.37. The predicted octanol–water partition coefficient (Wildman–Crippen LogP) is 5.56. The highest BCUT2D eigenvalue weighted by Crippen LogP contribution is 2.67. The maximum Gasteiger partial charge on any atom is 0.406 e. The van der Waals surface area contributed by atoms with Gasteiger partial charge in [0.25, 0.3) is 0 Å². The summed E-state index contributed by atoms with van der Waals surface area (Å²) in [7, 11) is 0. The van der Waals surface area contributed by atoms with Gasteiger partial charge in [0.2, 0.25) is 0 Å². The molecule has 0 aromatic heterocycles. The summed E-state index contributed by atoms with van der Waals surface area (Å²) in [5, 5.41) is 0. The molecule has 0 heterocycles. The highest BCUT2D eigenvalue weighted by atomic mass is 19.4. The molecule has 1 fully saturated rings. The molecule has 1 unspecified atom stereocenters. The molecule has 1 atom stereocenters. The summed E-state index contributed by atoms with van der Waals surface area (Å²) in [6.07, 6.45) is -7.72. The Balaban J connectivity index is 2.68. The summed E-state index contributed by atoms with van der Waals surface area (Å²) in [6, 6.07) is 0. The average molecular weight is 298 g/mol. The molecule has 2 rings (SSSR count). The van der Waals surface area contributed by atoms with Crippen LogP contribution in [-0.4, -0.2) is 12.4 Å². The van der Waals surface area contributed by atoms with Crippen molar-refractivity contribution in [2.24, 2.45) is 10.8 Å². The van der Waals surface area contributed by atoms with Crippen LogP contribution in [-0.2, 0) is 0 Å². The molecule has 0 aromatic carbocycles. The van der Waals surface area contributed by atoms with E-state index in [1.54, 1.807) is 0 Å².